The van der Waals surface area contributed by atoms with Crippen LogP contribution in [0.15, 0.2) is 45.7 Å². The van der Waals surface area contributed by atoms with E-state index in [0.717, 1.165) is 6.20 Å². The summed E-state index contributed by atoms with van der Waals surface area (Å²) in [5.41, 5.74) is 9.49. The summed E-state index contributed by atoms with van der Waals surface area (Å²) in [5, 5.41) is 2.86. The summed E-state index contributed by atoms with van der Waals surface area (Å²) in [6.07, 6.45) is 1.58. The van der Waals surface area contributed by atoms with Crippen molar-refractivity contribution in [3.63, 3.8) is 0 Å². The number of primary amides is 1. The Morgan fingerprint density at radius 2 is 2.00 bits per heavy atom. The zero-order valence-corrected chi connectivity index (χ0v) is 20.0. The van der Waals surface area contributed by atoms with Gasteiger partial charge in [0.1, 0.15) is 5.82 Å². The lowest BCUT2D eigenvalue weighted by Gasteiger charge is -2.17. The largest absolute Gasteiger partial charge is 0.420 e. The van der Waals surface area contributed by atoms with E-state index in [1.165, 1.54) is 16.7 Å². The standard InChI is InChI=1S/C26H24FN5O4/c1-12(2)8-17-21(24(28)33)20(22-23(31-17)13(3)30-25(22)34)14-4-7-18-19(9-14)36-26(35)32(18)11-16-6-5-15(27)10-29-16/h4-7,9-10,12-13H,8,11H2,1-3H3,(H2,28,33)(H,30,34). The van der Waals surface area contributed by atoms with Gasteiger partial charge in [-0.3, -0.25) is 24.1 Å². The van der Waals surface area contributed by atoms with Gasteiger partial charge in [0.25, 0.3) is 11.8 Å². The monoisotopic (exact) mass is 489 g/mol. The van der Waals surface area contributed by atoms with Gasteiger partial charge in [-0.05, 0) is 49.1 Å². The second-order valence-corrected chi connectivity index (χ2v) is 9.33. The van der Waals surface area contributed by atoms with Gasteiger partial charge in [-0.2, -0.15) is 0 Å². The number of nitrogens with two attached hydrogens (primary N) is 1. The number of nitrogens with zero attached hydrogens (tertiary/aromatic N) is 3. The normalized spacial score (nSPS) is 14.9. The van der Waals surface area contributed by atoms with Gasteiger partial charge in [-0.15, -0.1) is 0 Å². The van der Waals surface area contributed by atoms with Crippen LogP contribution in [0.25, 0.3) is 22.2 Å². The Kier molecular flexibility index (Phi) is 5.66. The molecule has 10 heteroatoms. The molecular formula is C26H24FN5O4. The van der Waals surface area contributed by atoms with Crippen molar-refractivity contribution >= 4 is 22.9 Å². The maximum Gasteiger partial charge on any atom is 0.420 e. The maximum absolute atomic E-state index is 13.2. The summed E-state index contributed by atoms with van der Waals surface area (Å²) in [6.45, 7) is 5.92. The highest BCUT2D eigenvalue weighted by Gasteiger charge is 2.35. The lowest BCUT2D eigenvalue weighted by Crippen LogP contribution is -2.20. The quantitative estimate of drug-likeness (QED) is 0.427. The van der Waals surface area contributed by atoms with Crippen LogP contribution in [0.3, 0.4) is 0 Å². The van der Waals surface area contributed by atoms with Crippen molar-refractivity contribution in [2.45, 2.75) is 39.8 Å². The molecule has 0 aliphatic carbocycles. The molecule has 1 aliphatic heterocycles. The fourth-order valence-electron chi connectivity index (χ4n) is 4.66. The minimum Gasteiger partial charge on any atom is -0.408 e. The van der Waals surface area contributed by atoms with Crippen LogP contribution in [0, 0.1) is 11.7 Å². The lowest BCUT2D eigenvalue weighted by molar-refractivity contribution is 0.0959. The Morgan fingerprint density at radius 3 is 2.67 bits per heavy atom. The third kappa shape index (κ3) is 3.94. The number of rotatable bonds is 6. The molecule has 1 atom stereocenters. The average molecular weight is 490 g/mol. The lowest BCUT2D eigenvalue weighted by atomic mass is 9.89. The predicted molar refractivity (Wildman–Crippen MR) is 130 cm³/mol. The Bertz CT molecular complexity index is 1590. The van der Waals surface area contributed by atoms with Crippen molar-refractivity contribution in [2.75, 3.05) is 0 Å². The average Bonchev–Trinajstić information content (AvgIpc) is 3.28. The van der Waals surface area contributed by atoms with E-state index in [0.29, 0.717) is 45.7 Å². The second-order valence-electron chi connectivity index (χ2n) is 9.33. The fraction of sp³-hybridized carbons (Fsp3) is 0.269. The molecule has 2 amide bonds. The third-order valence-corrected chi connectivity index (χ3v) is 6.20. The van der Waals surface area contributed by atoms with Gasteiger partial charge in [0, 0.05) is 5.56 Å². The van der Waals surface area contributed by atoms with E-state index in [4.69, 9.17) is 10.2 Å². The number of oxazole rings is 1. The number of carbonyl (C=O) groups excluding carboxylic acids is 2. The topological polar surface area (TPSA) is 133 Å². The smallest absolute Gasteiger partial charge is 0.408 e. The Labute approximate surface area is 205 Å². The zero-order valence-electron chi connectivity index (χ0n) is 20.0. The summed E-state index contributed by atoms with van der Waals surface area (Å²) in [7, 11) is 0. The van der Waals surface area contributed by atoms with Gasteiger partial charge in [-0.25, -0.2) is 9.18 Å². The molecule has 3 N–H and O–H groups in total. The van der Waals surface area contributed by atoms with Crippen LogP contribution in [-0.4, -0.2) is 26.3 Å². The van der Waals surface area contributed by atoms with E-state index < -0.39 is 17.5 Å². The van der Waals surface area contributed by atoms with Crippen molar-refractivity contribution in [1.82, 2.24) is 19.9 Å². The van der Waals surface area contributed by atoms with Gasteiger partial charge in [0.15, 0.2) is 5.58 Å². The molecule has 0 spiro atoms. The summed E-state index contributed by atoms with van der Waals surface area (Å²) in [4.78, 5) is 46.9. The number of aromatic nitrogens is 3. The van der Waals surface area contributed by atoms with Crippen molar-refractivity contribution < 1.29 is 18.4 Å². The summed E-state index contributed by atoms with van der Waals surface area (Å²) in [6, 6.07) is 7.43. The van der Waals surface area contributed by atoms with E-state index in [1.807, 2.05) is 20.8 Å². The molecule has 4 heterocycles. The van der Waals surface area contributed by atoms with Crippen LogP contribution in [-0.2, 0) is 13.0 Å². The number of hydrogen-bond donors (Lipinski definition) is 2. The van der Waals surface area contributed by atoms with Gasteiger partial charge < -0.3 is 15.5 Å². The summed E-state index contributed by atoms with van der Waals surface area (Å²) < 4.78 is 20.1. The van der Waals surface area contributed by atoms with Gasteiger partial charge >= 0.3 is 5.76 Å². The Morgan fingerprint density at radius 1 is 1.22 bits per heavy atom. The maximum atomic E-state index is 13.2. The molecule has 0 saturated carbocycles. The molecule has 0 radical (unpaired) electrons. The molecule has 1 aliphatic rings. The van der Waals surface area contributed by atoms with E-state index in [9.17, 15) is 18.8 Å². The van der Waals surface area contributed by atoms with Gasteiger partial charge in [0.05, 0.1) is 52.5 Å². The molecule has 5 rings (SSSR count). The highest BCUT2D eigenvalue weighted by Crippen LogP contribution is 2.38. The van der Waals surface area contributed by atoms with Gasteiger partial charge in [0.2, 0.25) is 0 Å². The number of carbonyl (C=O) groups is 2. The molecule has 4 aromatic rings. The molecule has 1 aromatic carbocycles. The van der Waals surface area contributed by atoms with E-state index >= 15 is 0 Å². The number of halogens is 1. The molecule has 0 saturated heterocycles. The first-order valence-electron chi connectivity index (χ1n) is 11.6. The molecule has 0 fully saturated rings. The minimum absolute atomic E-state index is 0.0844. The second kappa shape index (κ2) is 8.71. The number of amides is 2. The first-order valence-corrected chi connectivity index (χ1v) is 11.6. The summed E-state index contributed by atoms with van der Waals surface area (Å²) in [5.74, 6) is -1.94. The number of benzene rings is 1. The highest BCUT2D eigenvalue weighted by atomic mass is 19.1. The number of fused-ring (bicyclic) bond motifs is 2. The van der Waals surface area contributed by atoms with Crippen LogP contribution in [0.5, 0.6) is 0 Å². The van der Waals surface area contributed by atoms with Crippen molar-refractivity contribution in [3.05, 3.63) is 81.1 Å². The van der Waals surface area contributed by atoms with E-state index in [2.05, 4.69) is 15.3 Å². The molecule has 3 aromatic heterocycles. The van der Waals surface area contributed by atoms with E-state index in [1.54, 1.807) is 18.2 Å². The zero-order chi connectivity index (χ0) is 25.7. The van der Waals surface area contributed by atoms with Gasteiger partial charge in [-0.1, -0.05) is 19.9 Å². The highest BCUT2D eigenvalue weighted by molar-refractivity contribution is 6.11. The van der Waals surface area contributed by atoms with Crippen LogP contribution in [0.4, 0.5) is 4.39 Å². The third-order valence-electron chi connectivity index (χ3n) is 6.20. The first-order chi connectivity index (χ1) is 17.1. The Balaban J connectivity index is 1.70. The van der Waals surface area contributed by atoms with Crippen molar-refractivity contribution in [1.29, 1.82) is 0 Å². The number of nitrogens with one attached hydrogen (secondary N) is 1. The molecule has 1 unspecified atom stereocenters. The Hall–Kier alpha value is -4.34. The number of pyridine rings is 2. The van der Waals surface area contributed by atoms with Crippen LogP contribution < -0.4 is 16.8 Å². The SMILES string of the molecule is CC(C)Cc1nc2c(c(-c3ccc4c(c3)oc(=O)n4Cc3ccc(F)cn3)c1C(N)=O)C(=O)NC2C. The van der Waals surface area contributed by atoms with Crippen molar-refractivity contribution in [3.8, 4) is 11.1 Å². The first kappa shape index (κ1) is 23.4. The van der Waals surface area contributed by atoms with Crippen LogP contribution >= 0.6 is 0 Å². The van der Waals surface area contributed by atoms with E-state index in [-0.39, 0.29) is 35.6 Å². The molecule has 9 nitrogen and oxygen atoms in total. The molecule has 184 valence electrons. The molecular weight excluding hydrogens is 465 g/mol. The fourth-order valence-corrected chi connectivity index (χ4v) is 4.66. The predicted octanol–water partition coefficient (Wildman–Crippen LogP) is 3.34. The van der Waals surface area contributed by atoms with Crippen molar-refractivity contribution in [2.24, 2.45) is 11.7 Å². The molecule has 36 heavy (non-hydrogen) atoms. The number of hydrogen-bond acceptors (Lipinski definition) is 6. The van der Waals surface area contributed by atoms with Crippen LogP contribution in [0.1, 0.15) is 64.6 Å². The minimum atomic E-state index is -0.690. The molecule has 0 bridgehead atoms. The summed E-state index contributed by atoms with van der Waals surface area (Å²) >= 11 is 0. The van der Waals surface area contributed by atoms with Crippen LogP contribution in [0.2, 0.25) is 0 Å².